The number of hydrogen-bond acceptors (Lipinski definition) is 2. The summed E-state index contributed by atoms with van der Waals surface area (Å²) in [5.74, 6) is 0. The summed E-state index contributed by atoms with van der Waals surface area (Å²) < 4.78 is 16.7. The van der Waals surface area contributed by atoms with Gasteiger partial charge in [-0.3, -0.25) is 4.68 Å². The van der Waals surface area contributed by atoms with Crippen molar-refractivity contribution in [3.63, 3.8) is 0 Å². The van der Waals surface area contributed by atoms with Crippen molar-refractivity contribution in [1.29, 1.82) is 0 Å². The van der Waals surface area contributed by atoms with Gasteiger partial charge in [0.05, 0.1) is 6.20 Å². The van der Waals surface area contributed by atoms with Crippen molar-refractivity contribution in [2.45, 2.75) is 56.9 Å². The van der Waals surface area contributed by atoms with Crippen LogP contribution in [-0.2, 0) is 12.2 Å². The summed E-state index contributed by atoms with van der Waals surface area (Å²) in [7, 11) is 0. The van der Waals surface area contributed by atoms with E-state index in [4.69, 9.17) is 0 Å². The van der Waals surface area contributed by atoms with Crippen LogP contribution in [0, 0.1) is 0 Å². The minimum atomic E-state index is -1.15. The van der Waals surface area contributed by atoms with Crippen LogP contribution in [0.25, 0.3) is 0 Å². The van der Waals surface area contributed by atoms with Gasteiger partial charge in [0, 0.05) is 43.2 Å². The Morgan fingerprint density at radius 3 is 2.75 bits per heavy atom. The van der Waals surface area contributed by atoms with E-state index in [1.165, 1.54) is 0 Å². The van der Waals surface area contributed by atoms with Crippen molar-refractivity contribution in [2.75, 3.05) is 0 Å². The Hall–Kier alpha value is -0.900. The molecule has 3 rings (SSSR count). The molecule has 2 saturated heterocycles. The smallest absolute Gasteiger partial charge is 0.142 e. The van der Waals surface area contributed by atoms with Crippen molar-refractivity contribution in [1.82, 2.24) is 15.1 Å². The molecule has 0 aliphatic carbocycles. The van der Waals surface area contributed by atoms with E-state index in [0.29, 0.717) is 24.9 Å². The van der Waals surface area contributed by atoms with Gasteiger partial charge >= 0.3 is 0 Å². The fourth-order valence-electron chi connectivity index (χ4n) is 3.09. The van der Waals surface area contributed by atoms with E-state index in [-0.39, 0.29) is 0 Å². The fraction of sp³-hybridized carbons (Fsp3) is 0.750. The van der Waals surface area contributed by atoms with Crippen LogP contribution in [0.5, 0.6) is 0 Å². The maximum atomic E-state index is 14.9. The van der Waals surface area contributed by atoms with Gasteiger partial charge in [-0.05, 0) is 19.8 Å². The number of aromatic nitrogens is 2. The van der Waals surface area contributed by atoms with E-state index >= 15 is 0 Å². The molecule has 1 aromatic rings. The third kappa shape index (κ3) is 1.56. The molecule has 0 spiro atoms. The number of hydrogen-bond donors (Lipinski definition) is 1. The maximum Gasteiger partial charge on any atom is 0.142 e. The van der Waals surface area contributed by atoms with Gasteiger partial charge in [-0.1, -0.05) is 0 Å². The minimum Gasteiger partial charge on any atom is -0.311 e. The van der Waals surface area contributed by atoms with Gasteiger partial charge in [-0.15, -0.1) is 0 Å². The van der Waals surface area contributed by atoms with Crippen molar-refractivity contribution in [3.8, 4) is 0 Å². The first-order chi connectivity index (χ1) is 7.69. The molecule has 0 saturated carbocycles. The van der Waals surface area contributed by atoms with Crippen LogP contribution in [0.3, 0.4) is 0 Å². The zero-order chi connectivity index (χ0) is 11.2. The summed E-state index contributed by atoms with van der Waals surface area (Å²) in [5, 5.41) is 7.65. The highest BCUT2D eigenvalue weighted by atomic mass is 19.1. The third-order valence-electron chi connectivity index (χ3n) is 3.95. The molecular weight excluding hydrogens is 205 g/mol. The number of nitrogens with zero attached hydrogens (tertiary/aromatic N) is 2. The molecule has 2 fully saturated rings. The average Bonchev–Trinajstić information content (AvgIpc) is 2.85. The highest BCUT2D eigenvalue weighted by Gasteiger charge is 2.45. The Kier molecular flexibility index (Phi) is 2.28. The van der Waals surface area contributed by atoms with Crippen molar-refractivity contribution < 1.29 is 4.39 Å². The second kappa shape index (κ2) is 3.55. The van der Waals surface area contributed by atoms with E-state index < -0.39 is 5.67 Å². The van der Waals surface area contributed by atoms with Crippen LogP contribution < -0.4 is 5.32 Å². The number of alkyl halides is 1. The largest absolute Gasteiger partial charge is 0.311 e. The van der Waals surface area contributed by atoms with E-state index in [9.17, 15) is 4.39 Å². The molecule has 2 aliphatic heterocycles. The predicted molar refractivity (Wildman–Crippen MR) is 59.9 cm³/mol. The first-order valence-corrected chi connectivity index (χ1v) is 6.17. The Morgan fingerprint density at radius 2 is 2.19 bits per heavy atom. The molecule has 0 aromatic carbocycles. The molecule has 0 radical (unpaired) electrons. The van der Waals surface area contributed by atoms with E-state index in [0.717, 1.165) is 24.9 Å². The van der Waals surface area contributed by atoms with Crippen molar-refractivity contribution in [3.05, 3.63) is 18.0 Å². The van der Waals surface area contributed by atoms with Crippen molar-refractivity contribution in [2.24, 2.45) is 0 Å². The summed E-state index contributed by atoms with van der Waals surface area (Å²) in [6, 6.07) is 0.738. The van der Waals surface area contributed by atoms with Crippen LogP contribution in [0.15, 0.2) is 12.4 Å². The lowest BCUT2D eigenvalue weighted by molar-refractivity contribution is 0.0873. The monoisotopic (exact) mass is 223 g/mol. The molecule has 3 heterocycles. The van der Waals surface area contributed by atoms with Gasteiger partial charge in [-0.2, -0.15) is 5.10 Å². The Labute approximate surface area is 95.0 Å². The predicted octanol–water partition coefficient (Wildman–Crippen LogP) is 1.98. The van der Waals surface area contributed by atoms with E-state index in [1.54, 1.807) is 10.9 Å². The highest BCUT2D eigenvalue weighted by Crippen LogP contribution is 2.43. The third-order valence-corrected chi connectivity index (χ3v) is 3.95. The van der Waals surface area contributed by atoms with Gasteiger partial charge in [0.25, 0.3) is 0 Å². The summed E-state index contributed by atoms with van der Waals surface area (Å²) >= 11 is 0. The van der Waals surface area contributed by atoms with Gasteiger partial charge in [-0.25, -0.2) is 4.39 Å². The van der Waals surface area contributed by atoms with E-state index in [2.05, 4.69) is 10.4 Å². The number of nitrogens with one attached hydrogen (secondary N) is 1. The van der Waals surface area contributed by atoms with Crippen LogP contribution >= 0.6 is 0 Å². The number of halogens is 1. The lowest BCUT2D eigenvalue weighted by Crippen LogP contribution is -2.44. The molecule has 2 bridgehead atoms. The highest BCUT2D eigenvalue weighted by molar-refractivity contribution is 5.19. The normalized spacial score (nSPS) is 37.9. The molecule has 1 aromatic heterocycles. The molecule has 0 amide bonds. The first-order valence-electron chi connectivity index (χ1n) is 6.17. The lowest BCUT2D eigenvalue weighted by atomic mass is 9.85. The summed E-state index contributed by atoms with van der Waals surface area (Å²) in [5.41, 5.74) is -0.377. The number of aryl methyl sites for hydroxylation is 1. The molecule has 3 nitrogen and oxygen atoms in total. The Balaban J connectivity index is 1.87. The molecule has 1 N–H and O–H groups in total. The topological polar surface area (TPSA) is 29.9 Å². The first kappa shape index (κ1) is 10.3. The molecule has 4 heteroatoms. The van der Waals surface area contributed by atoms with Crippen LogP contribution in [0.1, 0.15) is 38.2 Å². The molecule has 16 heavy (non-hydrogen) atoms. The molecule has 2 atom stereocenters. The van der Waals surface area contributed by atoms with E-state index in [1.807, 2.05) is 13.1 Å². The van der Waals surface area contributed by atoms with Crippen LogP contribution in [-0.4, -0.2) is 21.9 Å². The van der Waals surface area contributed by atoms with Crippen LogP contribution in [0.4, 0.5) is 4.39 Å². The molecule has 88 valence electrons. The lowest BCUT2D eigenvalue weighted by Gasteiger charge is -2.34. The zero-order valence-electron chi connectivity index (χ0n) is 9.62. The van der Waals surface area contributed by atoms with Gasteiger partial charge in [0.1, 0.15) is 5.67 Å². The average molecular weight is 223 g/mol. The second-order valence-electron chi connectivity index (χ2n) is 5.10. The SMILES string of the molecule is CCn1cc(C2(F)CC3CCC(C2)N3)cn1. The Bertz CT molecular complexity index is 375. The Morgan fingerprint density at radius 1 is 1.50 bits per heavy atom. The molecule has 2 unspecified atom stereocenters. The summed E-state index contributed by atoms with van der Waals surface area (Å²) in [6.45, 7) is 2.83. The molecular formula is C12H18FN3. The molecule has 2 aliphatic rings. The van der Waals surface area contributed by atoms with Crippen LogP contribution in [0.2, 0.25) is 0 Å². The summed E-state index contributed by atoms with van der Waals surface area (Å²) in [6.07, 6.45) is 7.04. The number of rotatable bonds is 2. The standard InChI is InChI=1S/C12H18FN3/c1-2-16-8-9(7-14-16)12(13)5-10-3-4-11(6-12)15-10/h7-8,10-11,15H,2-6H2,1H3. The summed E-state index contributed by atoms with van der Waals surface area (Å²) in [4.78, 5) is 0. The number of piperidine rings is 1. The second-order valence-corrected chi connectivity index (χ2v) is 5.10. The van der Waals surface area contributed by atoms with Crippen molar-refractivity contribution >= 4 is 0 Å². The minimum absolute atomic E-state index is 0.369. The number of fused-ring (bicyclic) bond motifs is 2. The quantitative estimate of drug-likeness (QED) is 0.831. The maximum absolute atomic E-state index is 14.9. The van der Waals surface area contributed by atoms with Gasteiger partial charge in [0.2, 0.25) is 0 Å². The fourth-order valence-corrected chi connectivity index (χ4v) is 3.09. The zero-order valence-corrected chi connectivity index (χ0v) is 9.62. The van der Waals surface area contributed by atoms with Gasteiger partial charge in [0.15, 0.2) is 0 Å². The van der Waals surface area contributed by atoms with Gasteiger partial charge < -0.3 is 5.32 Å².